The Labute approximate surface area is 193 Å². The summed E-state index contributed by atoms with van der Waals surface area (Å²) in [5, 5.41) is 9.71. The predicted octanol–water partition coefficient (Wildman–Crippen LogP) is 3.95. The number of para-hydroxylation sites is 2. The van der Waals surface area contributed by atoms with Crippen molar-refractivity contribution in [3.63, 3.8) is 0 Å². The Bertz CT molecular complexity index is 1050. The van der Waals surface area contributed by atoms with Crippen LogP contribution in [0.5, 0.6) is 0 Å². The quantitative estimate of drug-likeness (QED) is 0.507. The van der Waals surface area contributed by atoms with Gasteiger partial charge in [-0.3, -0.25) is 9.36 Å². The summed E-state index contributed by atoms with van der Waals surface area (Å²) >= 11 is 1.42. The smallest absolute Gasteiger partial charge is 0.237 e. The zero-order valence-corrected chi connectivity index (χ0v) is 19.6. The van der Waals surface area contributed by atoms with Crippen LogP contribution in [0.2, 0.25) is 0 Å². The molecular weight excluding hydrogens is 422 g/mol. The first kappa shape index (κ1) is 22.4. The molecule has 168 valence electrons. The van der Waals surface area contributed by atoms with Crippen LogP contribution in [0.4, 0.5) is 11.6 Å². The molecule has 1 fully saturated rings. The molecule has 1 saturated heterocycles. The number of amides is 1. The van der Waals surface area contributed by atoms with E-state index >= 15 is 0 Å². The number of hydrogen-bond acceptors (Lipinski definition) is 6. The molecule has 1 aliphatic rings. The van der Waals surface area contributed by atoms with Crippen molar-refractivity contribution in [1.82, 2.24) is 14.8 Å². The van der Waals surface area contributed by atoms with Crippen molar-refractivity contribution in [2.45, 2.75) is 32.0 Å². The molecule has 0 aliphatic carbocycles. The van der Waals surface area contributed by atoms with E-state index in [0.717, 1.165) is 36.0 Å². The normalized spacial score (nSPS) is 14.1. The van der Waals surface area contributed by atoms with Gasteiger partial charge >= 0.3 is 0 Å². The van der Waals surface area contributed by atoms with Crippen LogP contribution in [0, 0.1) is 6.92 Å². The molecule has 0 atom stereocenters. The van der Waals surface area contributed by atoms with Crippen molar-refractivity contribution >= 4 is 29.3 Å². The molecule has 2 heterocycles. The number of aromatic nitrogens is 3. The van der Waals surface area contributed by atoms with Gasteiger partial charge in [0.25, 0.3) is 0 Å². The molecule has 3 aromatic rings. The van der Waals surface area contributed by atoms with Crippen LogP contribution in [0.25, 0.3) is 5.69 Å². The maximum absolute atomic E-state index is 13.2. The topological polar surface area (TPSA) is 63.5 Å². The molecular formula is C24H29N5O2S. The molecule has 1 aliphatic heterocycles. The third-order valence-electron chi connectivity index (χ3n) is 5.41. The highest BCUT2D eigenvalue weighted by molar-refractivity contribution is 7.99. The molecule has 1 aromatic heterocycles. The summed E-state index contributed by atoms with van der Waals surface area (Å²) in [4.78, 5) is 17.2. The van der Waals surface area contributed by atoms with Crippen molar-refractivity contribution in [2.24, 2.45) is 0 Å². The summed E-state index contributed by atoms with van der Waals surface area (Å²) in [7, 11) is 0. The zero-order valence-electron chi connectivity index (χ0n) is 18.8. The summed E-state index contributed by atoms with van der Waals surface area (Å²) < 4.78 is 7.58. The molecule has 8 heteroatoms. The number of rotatable bonds is 7. The van der Waals surface area contributed by atoms with Crippen molar-refractivity contribution in [2.75, 3.05) is 41.9 Å². The van der Waals surface area contributed by atoms with Crippen LogP contribution in [0.1, 0.15) is 19.4 Å². The number of morpholine rings is 1. The highest BCUT2D eigenvalue weighted by Gasteiger charge is 2.25. The molecule has 4 rings (SSSR count). The van der Waals surface area contributed by atoms with E-state index in [-0.39, 0.29) is 17.7 Å². The molecule has 0 unspecified atom stereocenters. The van der Waals surface area contributed by atoms with E-state index in [1.54, 1.807) is 0 Å². The molecule has 7 nitrogen and oxygen atoms in total. The fraction of sp³-hybridized carbons (Fsp3) is 0.375. The summed E-state index contributed by atoms with van der Waals surface area (Å²) in [6, 6.07) is 18.0. The van der Waals surface area contributed by atoms with Crippen LogP contribution in [-0.4, -0.2) is 58.8 Å². The first-order chi connectivity index (χ1) is 15.6. The van der Waals surface area contributed by atoms with E-state index in [4.69, 9.17) is 4.74 Å². The van der Waals surface area contributed by atoms with Gasteiger partial charge in [-0.1, -0.05) is 48.2 Å². The number of benzene rings is 2. The number of thioether (sulfide) groups is 1. The number of ether oxygens (including phenoxy) is 1. The van der Waals surface area contributed by atoms with E-state index in [0.29, 0.717) is 18.4 Å². The summed E-state index contributed by atoms with van der Waals surface area (Å²) in [6.45, 7) is 9.01. The fourth-order valence-corrected chi connectivity index (χ4v) is 4.66. The molecule has 32 heavy (non-hydrogen) atoms. The van der Waals surface area contributed by atoms with Gasteiger partial charge in [0.1, 0.15) is 0 Å². The van der Waals surface area contributed by atoms with Gasteiger partial charge < -0.3 is 14.5 Å². The minimum atomic E-state index is 0.0449. The summed E-state index contributed by atoms with van der Waals surface area (Å²) in [5.74, 6) is 1.12. The molecule has 0 N–H and O–H groups in total. The molecule has 2 aromatic carbocycles. The summed E-state index contributed by atoms with van der Waals surface area (Å²) in [5.41, 5.74) is 3.06. The van der Waals surface area contributed by atoms with Gasteiger partial charge in [-0.25, -0.2) is 0 Å². The molecule has 0 spiro atoms. The lowest BCUT2D eigenvalue weighted by molar-refractivity contribution is -0.116. The second-order valence-corrected chi connectivity index (χ2v) is 8.93. The minimum Gasteiger partial charge on any atom is -0.378 e. The van der Waals surface area contributed by atoms with E-state index in [9.17, 15) is 4.79 Å². The third-order valence-corrected chi connectivity index (χ3v) is 6.32. The average molecular weight is 452 g/mol. The second-order valence-electron chi connectivity index (χ2n) is 7.99. The molecule has 0 bridgehead atoms. The maximum atomic E-state index is 13.2. The van der Waals surface area contributed by atoms with Gasteiger partial charge in [-0.05, 0) is 44.5 Å². The number of carbonyl (C=O) groups excluding carboxylic acids is 1. The van der Waals surface area contributed by atoms with Gasteiger partial charge in [0, 0.05) is 24.8 Å². The van der Waals surface area contributed by atoms with Crippen LogP contribution < -0.4 is 9.80 Å². The fourth-order valence-electron chi connectivity index (χ4n) is 3.86. The number of nitrogens with zero attached hydrogens (tertiary/aromatic N) is 5. The van der Waals surface area contributed by atoms with E-state index in [1.807, 2.05) is 61.2 Å². The van der Waals surface area contributed by atoms with Crippen LogP contribution in [0.15, 0.2) is 59.8 Å². The number of anilines is 2. The number of carbonyl (C=O) groups is 1. The van der Waals surface area contributed by atoms with Gasteiger partial charge in [0.15, 0.2) is 5.16 Å². The lowest BCUT2D eigenvalue weighted by atomic mass is 10.2. The maximum Gasteiger partial charge on any atom is 0.237 e. The van der Waals surface area contributed by atoms with Crippen LogP contribution in [0.3, 0.4) is 0 Å². The first-order valence-corrected chi connectivity index (χ1v) is 11.9. The van der Waals surface area contributed by atoms with Crippen molar-refractivity contribution in [1.29, 1.82) is 0 Å². The van der Waals surface area contributed by atoms with Crippen LogP contribution >= 0.6 is 11.8 Å². The summed E-state index contributed by atoms with van der Waals surface area (Å²) in [6.07, 6.45) is 0. The monoisotopic (exact) mass is 451 g/mol. The molecule has 0 saturated carbocycles. The van der Waals surface area contributed by atoms with Gasteiger partial charge in [-0.2, -0.15) is 0 Å². The standard InChI is InChI=1S/C24H29N5O2S/c1-18(2)28(20-10-5-4-6-11-20)22(30)17-32-24-26-25-23(27-13-15-31-16-14-27)29(24)21-12-8-7-9-19(21)3/h4-12,18H,13-17H2,1-3H3. The largest absolute Gasteiger partial charge is 0.378 e. The lowest BCUT2D eigenvalue weighted by Gasteiger charge is -2.28. The Hall–Kier alpha value is -2.84. The van der Waals surface area contributed by atoms with E-state index in [1.165, 1.54) is 11.8 Å². The average Bonchev–Trinajstić information content (AvgIpc) is 3.23. The van der Waals surface area contributed by atoms with Crippen molar-refractivity contribution in [3.05, 3.63) is 60.2 Å². The second kappa shape index (κ2) is 10.2. The SMILES string of the molecule is Cc1ccccc1-n1c(SCC(=O)N(c2ccccc2)C(C)C)nnc1N1CCOCC1. The Morgan fingerprint density at radius 1 is 1.06 bits per heavy atom. The number of aryl methyl sites for hydroxylation is 1. The van der Waals surface area contributed by atoms with E-state index in [2.05, 4.69) is 38.7 Å². The Balaban J connectivity index is 1.61. The molecule has 1 amide bonds. The minimum absolute atomic E-state index is 0.0449. The first-order valence-electron chi connectivity index (χ1n) is 10.9. The Kier molecular flexibility index (Phi) is 7.12. The predicted molar refractivity (Wildman–Crippen MR) is 129 cm³/mol. The highest BCUT2D eigenvalue weighted by atomic mass is 32.2. The van der Waals surface area contributed by atoms with Crippen molar-refractivity contribution in [3.8, 4) is 5.69 Å². The molecule has 0 radical (unpaired) electrons. The number of hydrogen-bond donors (Lipinski definition) is 0. The van der Waals surface area contributed by atoms with Gasteiger partial charge in [-0.15, -0.1) is 10.2 Å². The zero-order chi connectivity index (χ0) is 22.5. The van der Waals surface area contributed by atoms with Gasteiger partial charge in [0.2, 0.25) is 11.9 Å². The van der Waals surface area contributed by atoms with Crippen LogP contribution in [-0.2, 0) is 9.53 Å². The Morgan fingerprint density at radius 2 is 1.75 bits per heavy atom. The van der Waals surface area contributed by atoms with Gasteiger partial charge in [0.05, 0.1) is 24.7 Å². The highest BCUT2D eigenvalue weighted by Crippen LogP contribution is 2.29. The third kappa shape index (κ3) is 4.81. The van der Waals surface area contributed by atoms with E-state index < -0.39 is 0 Å². The van der Waals surface area contributed by atoms with Crippen molar-refractivity contribution < 1.29 is 9.53 Å². The lowest BCUT2D eigenvalue weighted by Crippen LogP contribution is -2.38. The Morgan fingerprint density at radius 3 is 2.44 bits per heavy atom.